The summed E-state index contributed by atoms with van der Waals surface area (Å²) in [4.78, 5) is 3.85. The number of para-hydroxylation sites is 1. The van der Waals surface area contributed by atoms with Gasteiger partial charge < -0.3 is 5.43 Å². The molecule has 6 nitrogen and oxygen atoms in total. The summed E-state index contributed by atoms with van der Waals surface area (Å²) in [7, 11) is -3.79. The van der Waals surface area contributed by atoms with Crippen molar-refractivity contribution in [2.24, 2.45) is 5.84 Å². The van der Waals surface area contributed by atoms with E-state index in [1.165, 1.54) is 12.3 Å². The van der Waals surface area contributed by atoms with E-state index in [-0.39, 0.29) is 10.7 Å². The van der Waals surface area contributed by atoms with Gasteiger partial charge in [0.15, 0.2) is 0 Å². The molecule has 0 aliphatic heterocycles. The molecule has 0 bridgehead atoms. The minimum atomic E-state index is -3.79. The van der Waals surface area contributed by atoms with Gasteiger partial charge in [-0.2, -0.15) is 8.42 Å². The van der Waals surface area contributed by atoms with Gasteiger partial charge in [-0.1, -0.05) is 12.1 Å². The molecule has 1 aromatic heterocycles. The first kappa shape index (κ1) is 14.0. The van der Waals surface area contributed by atoms with Crippen molar-refractivity contribution < 1.29 is 8.42 Å². The monoisotopic (exact) mass is 390 g/mol. The highest BCUT2D eigenvalue weighted by Crippen LogP contribution is 2.23. The predicted octanol–water partition coefficient (Wildman–Crippen LogP) is 1.77. The fraction of sp³-hybridized carbons (Fsp3) is 0. The topological polar surface area (TPSA) is 97.1 Å². The molecule has 0 radical (unpaired) electrons. The number of hydrogen-bond donors (Lipinski definition) is 3. The van der Waals surface area contributed by atoms with Gasteiger partial charge in [0.25, 0.3) is 10.0 Å². The SMILES string of the molecule is NNc1cccnc1S(=O)(=O)Nc1ccccc1I. The van der Waals surface area contributed by atoms with Crippen LogP contribution in [0.2, 0.25) is 0 Å². The highest BCUT2D eigenvalue weighted by molar-refractivity contribution is 14.1. The molecule has 0 saturated heterocycles. The molecule has 19 heavy (non-hydrogen) atoms. The van der Waals surface area contributed by atoms with Gasteiger partial charge in [0.05, 0.1) is 11.4 Å². The number of hydrazine groups is 1. The van der Waals surface area contributed by atoms with Gasteiger partial charge in [0.1, 0.15) is 0 Å². The van der Waals surface area contributed by atoms with E-state index >= 15 is 0 Å². The van der Waals surface area contributed by atoms with Crippen molar-refractivity contribution in [3.8, 4) is 0 Å². The third-order valence-electron chi connectivity index (χ3n) is 2.30. The molecule has 1 aromatic carbocycles. The third kappa shape index (κ3) is 3.14. The molecular formula is C11H11IN4O2S. The Bertz CT molecular complexity index is 691. The van der Waals surface area contributed by atoms with Crippen LogP contribution in [0.5, 0.6) is 0 Å². The molecule has 4 N–H and O–H groups in total. The molecule has 100 valence electrons. The lowest BCUT2D eigenvalue weighted by atomic mass is 10.3. The van der Waals surface area contributed by atoms with Crippen LogP contribution >= 0.6 is 22.6 Å². The normalized spacial score (nSPS) is 11.1. The number of aromatic nitrogens is 1. The summed E-state index contributed by atoms with van der Waals surface area (Å²) in [5.74, 6) is 5.29. The van der Waals surface area contributed by atoms with E-state index in [1.807, 2.05) is 6.07 Å². The fourth-order valence-electron chi connectivity index (χ4n) is 1.45. The average molecular weight is 390 g/mol. The van der Waals surface area contributed by atoms with Crippen molar-refractivity contribution in [3.63, 3.8) is 0 Å². The molecule has 0 aliphatic rings. The molecular weight excluding hydrogens is 379 g/mol. The third-order valence-corrected chi connectivity index (χ3v) is 4.56. The van der Waals surface area contributed by atoms with Gasteiger partial charge in [0, 0.05) is 9.77 Å². The van der Waals surface area contributed by atoms with Gasteiger partial charge in [0.2, 0.25) is 5.03 Å². The van der Waals surface area contributed by atoms with Crippen molar-refractivity contribution in [2.75, 3.05) is 10.1 Å². The molecule has 0 atom stereocenters. The Balaban J connectivity index is 2.41. The molecule has 0 amide bonds. The number of halogens is 1. The van der Waals surface area contributed by atoms with E-state index in [0.29, 0.717) is 5.69 Å². The Hall–Kier alpha value is -1.39. The van der Waals surface area contributed by atoms with Gasteiger partial charge in [-0.05, 0) is 46.9 Å². The number of nitrogens with two attached hydrogens (primary N) is 1. The van der Waals surface area contributed by atoms with Crippen LogP contribution in [0.1, 0.15) is 0 Å². The van der Waals surface area contributed by atoms with E-state index in [9.17, 15) is 8.42 Å². The molecule has 0 unspecified atom stereocenters. The van der Waals surface area contributed by atoms with E-state index in [2.05, 4.69) is 37.7 Å². The standard InChI is InChI=1S/C11H11IN4O2S/c12-8-4-1-2-5-9(8)16-19(17,18)11-10(15-13)6-3-7-14-11/h1-7,15-16H,13H2. The maximum Gasteiger partial charge on any atom is 0.281 e. The second-order valence-corrected chi connectivity index (χ2v) is 6.35. The van der Waals surface area contributed by atoms with Crippen LogP contribution in [0, 0.1) is 3.57 Å². The number of anilines is 2. The summed E-state index contributed by atoms with van der Waals surface area (Å²) >= 11 is 2.05. The highest BCUT2D eigenvalue weighted by Gasteiger charge is 2.20. The van der Waals surface area contributed by atoms with Gasteiger partial charge in [-0.25, -0.2) is 4.98 Å². The summed E-state index contributed by atoms with van der Waals surface area (Å²) in [6, 6.07) is 10.2. The minimum absolute atomic E-state index is 0.142. The number of nitrogens with zero attached hydrogens (tertiary/aromatic N) is 1. The van der Waals surface area contributed by atoms with Crippen LogP contribution in [0.25, 0.3) is 0 Å². The van der Waals surface area contributed by atoms with Crippen LogP contribution in [-0.2, 0) is 10.0 Å². The summed E-state index contributed by atoms with van der Waals surface area (Å²) in [6.07, 6.45) is 1.39. The summed E-state index contributed by atoms with van der Waals surface area (Å²) in [5.41, 5.74) is 3.05. The zero-order chi connectivity index (χ0) is 13.9. The van der Waals surface area contributed by atoms with Gasteiger partial charge in [-0.15, -0.1) is 0 Å². The van der Waals surface area contributed by atoms with Crippen LogP contribution in [0.4, 0.5) is 11.4 Å². The van der Waals surface area contributed by atoms with E-state index in [4.69, 9.17) is 5.84 Å². The quantitative estimate of drug-likeness (QED) is 0.420. The van der Waals surface area contributed by atoms with Crippen molar-refractivity contribution >= 4 is 44.0 Å². The number of benzene rings is 1. The van der Waals surface area contributed by atoms with Gasteiger partial charge in [-0.3, -0.25) is 10.6 Å². The zero-order valence-electron chi connectivity index (χ0n) is 9.67. The number of nitrogens with one attached hydrogen (secondary N) is 2. The maximum atomic E-state index is 12.3. The molecule has 2 aromatic rings. The molecule has 0 fully saturated rings. The molecule has 2 rings (SSSR count). The second kappa shape index (κ2) is 5.72. The molecule has 0 saturated carbocycles. The Morgan fingerprint density at radius 2 is 1.79 bits per heavy atom. The van der Waals surface area contributed by atoms with Crippen LogP contribution in [0.15, 0.2) is 47.6 Å². The number of sulfonamides is 1. The summed E-state index contributed by atoms with van der Waals surface area (Å²) < 4.78 is 27.8. The Labute approximate surface area is 124 Å². The first-order valence-electron chi connectivity index (χ1n) is 5.23. The first-order chi connectivity index (χ1) is 9.04. The molecule has 0 aliphatic carbocycles. The smallest absolute Gasteiger partial charge is 0.281 e. The molecule has 8 heteroatoms. The number of pyridine rings is 1. The summed E-state index contributed by atoms with van der Waals surface area (Å²) in [5, 5.41) is -0.142. The van der Waals surface area contributed by atoms with Crippen molar-refractivity contribution in [3.05, 3.63) is 46.2 Å². The Kier molecular flexibility index (Phi) is 4.22. The lowest BCUT2D eigenvalue weighted by Crippen LogP contribution is -2.19. The highest BCUT2D eigenvalue weighted by atomic mass is 127. The molecule has 0 spiro atoms. The average Bonchev–Trinajstić information content (AvgIpc) is 2.41. The van der Waals surface area contributed by atoms with E-state index in [1.54, 1.807) is 24.3 Å². The van der Waals surface area contributed by atoms with Crippen molar-refractivity contribution in [1.82, 2.24) is 4.98 Å². The summed E-state index contributed by atoms with van der Waals surface area (Å²) in [6.45, 7) is 0. The number of nitrogen functional groups attached to an aromatic ring is 1. The van der Waals surface area contributed by atoms with Gasteiger partial charge >= 0.3 is 0 Å². The van der Waals surface area contributed by atoms with E-state index in [0.717, 1.165) is 3.57 Å². The molecule has 1 heterocycles. The van der Waals surface area contributed by atoms with Crippen molar-refractivity contribution in [1.29, 1.82) is 0 Å². The Morgan fingerprint density at radius 1 is 1.11 bits per heavy atom. The van der Waals surface area contributed by atoms with Crippen LogP contribution in [-0.4, -0.2) is 13.4 Å². The van der Waals surface area contributed by atoms with Crippen molar-refractivity contribution in [2.45, 2.75) is 5.03 Å². The minimum Gasteiger partial charge on any atom is -0.321 e. The maximum absolute atomic E-state index is 12.3. The predicted molar refractivity (Wildman–Crippen MR) is 82.0 cm³/mol. The first-order valence-corrected chi connectivity index (χ1v) is 7.80. The van der Waals surface area contributed by atoms with Crippen LogP contribution in [0.3, 0.4) is 0 Å². The zero-order valence-corrected chi connectivity index (χ0v) is 12.6. The lowest BCUT2D eigenvalue weighted by Gasteiger charge is -2.11. The van der Waals surface area contributed by atoms with E-state index < -0.39 is 10.0 Å². The number of hydrogen-bond acceptors (Lipinski definition) is 5. The second-order valence-electron chi connectivity index (χ2n) is 3.59. The Morgan fingerprint density at radius 3 is 2.47 bits per heavy atom. The lowest BCUT2D eigenvalue weighted by molar-refractivity contribution is 0.598. The number of rotatable bonds is 4. The largest absolute Gasteiger partial charge is 0.321 e. The van der Waals surface area contributed by atoms with Crippen LogP contribution < -0.4 is 16.0 Å². The fourth-order valence-corrected chi connectivity index (χ4v) is 3.34.